The van der Waals surface area contributed by atoms with Gasteiger partial charge in [0.2, 0.25) is 0 Å². The second kappa shape index (κ2) is 7.43. The number of hydrogen-bond donors (Lipinski definition) is 2. The Morgan fingerprint density at radius 1 is 1.25 bits per heavy atom. The first-order valence-electron chi connectivity index (χ1n) is 7.39. The Kier molecular flexibility index (Phi) is 5.87. The summed E-state index contributed by atoms with van der Waals surface area (Å²) >= 11 is 3.39. The highest BCUT2D eigenvalue weighted by Gasteiger charge is 2.26. The van der Waals surface area contributed by atoms with Crippen LogP contribution in [0.25, 0.3) is 0 Å². The molecular formula is C16H24BrNO2. The molecule has 0 saturated heterocycles. The zero-order chi connectivity index (χ0) is 14.4. The van der Waals surface area contributed by atoms with Crippen molar-refractivity contribution in [1.29, 1.82) is 0 Å². The van der Waals surface area contributed by atoms with Crippen LogP contribution in [0, 0.1) is 0 Å². The van der Waals surface area contributed by atoms with Crippen LogP contribution in [0.2, 0.25) is 0 Å². The van der Waals surface area contributed by atoms with Crippen molar-refractivity contribution in [2.45, 2.75) is 50.7 Å². The summed E-state index contributed by atoms with van der Waals surface area (Å²) in [5, 5.41) is 13.5. The van der Waals surface area contributed by atoms with Gasteiger partial charge in [0.05, 0.1) is 0 Å². The van der Waals surface area contributed by atoms with Crippen molar-refractivity contribution in [1.82, 2.24) is 5.32 Å². The Morgan fingerprint density at radius 3 is 2.55 bits per heavy atom. The van der Waals surface area contributed by atoms with E-state index in [0.29, 0.717) is 13.2 Å². The van der Waals surface area contributed by atoms with E-state index >= 15 is 0 Å². The molecule has 1 aromatic carbocycles. The number of hydrogen-bond acceptors (Lipinski definition) is 3. The van der Waals surface area contributed by atoms with Crippen molar-refractivity contribution in [3.8, 4) is 5.75 Å². The maximum Gasteiger partial charge on any atom is 0.119 e. The molecule has 0 heterocycles. The molecular weight excluding hydrogens is 318 g/mol. The Hall–Kier alpha value is -0.580. The molecule has 1 unspecified atom stereocenters. The summed E-state index contributed by atoms with van der Waals surface area (Å²) in [7, 11) is 0. The molecule has 0 bridgehead atoms. The van der Waals surface area contributed by atoms with Gasteiger partial charge >= 0.3 is 0 Å². The van der Waals surface area contributed by atoms with Gasteiger partial charge in [-0.2, -0.15) is 0 Å². The summed E-state index contributed by atoms with van der Waals surface area (Å²) in [5.41, 5.74) is 0.191. The Morgan fingerprint density at radius 2 is 1.90 bits per heavy atom. The van der Waals surface area contributed by atoms with Crippen molar-refractivity contribution >= 4 is 15.9 Å². The summed E-state index contributed by atoms with van der Waals surface area (Å²) in [5.74, 6) is 0.788. The molecule has 112 valence electrons. The number of ether oxygens (including phenoxy) is 1. The Balaban J connectivity index is 1.69. The number of rotatable bonds is 6. The van der Waals surface area contributed by atoms with Gasteiger partial charge in [0.25, 0.3) is 0 Å². The molecule has 1 aromatic rings. The molecule has 0 radical (unpaired) electrons. The monoisotopic (exact) mass is 341 g/mol. The fourth-order valence-electron chi connectivity index (χ4n) is 2.66. The fraction of sp³-hybridized carbons (Fsp3) is 0.625. The molecule has 0 aliphatic heterocycles. The smallest absolute Gasteiger partial charge is 0.119 e. The number of aliphatic hydroxyl groups is 1. The summed E-state index contributed by atoms with van der Waals surface area (Å²) in [4.78, 5) is 0. The van der Waals surface area contributed by atoms with Gasteiger partial charge < -0.3 is 15.2 Å². The van der Waals surface area contributed by atoms with E-state index in [-0.39, 0.29) is 5.54 Å². The third-order valence-corrected chi connectivity index (χ3v) is 4.51. The molecule has 0 amide bonds. The van der Waals surface area contributed by atoms with Gasteiger partial charge in [-0.3, -0.25) is 0 Å². The summed E-state index contributed by atoms with van der Waals surface area (Å²) in [6.45, 7) is 3.17. The molecule has 0 aromatic heterocycles. The van der Waals surface area contributed by atoms with Crippen LogP contribution >= 0.6 is 15.9 Å². The van der Waals surface area contributed by atoms with Crippen LogP contribution in [0.1, 0.15) is 39.0 Å². The first-order valence-corrected chi connectivity index (χ1v) is 8.18. The van der Waals surface area contributed by atoms with Crippen LogP contribution in [0.15, 0.2) is 28.7 Å². The van der Waals surface area contributed by atoms with Crippen LogP contribution < -0.4 is 10.1 Å². The summed E-state index contributed by atoms with van der Waals surface area (Å²) in [6, 6.07) is 7.66. The molecule has 1 atom stereocenters. The maximum atomic E-state index is 10.0. The Labute approximate surface area is 129 Å². The lowest BCUT2D eigenvalue weighted by atomic mass is 9.83. The topological polar surface area (TPSA) is 41.5 Å². The highest BCUT2D eigenvalue weighted by molar-refractivity contribution is 9.10. The molecule has 4 heteroatoms. The molecule has 1 saturated carbocycles. The van der Waals surface area contributed by atoms with Gasteiger partial charge in [0.15, 0.2) is 0 Å². The largest absolute Gasteiger partial charge is 0.491 e. The fourth-order valence-corrected chi connectivity index (χ4v) is 2.92. The molecule has 1 aliphatic carbocycles. The van der Waals surface area contributed by atoms with Crippen LogP contribution in [0.3, 0.4) is 0 Å². The third-order valence-electron chi connectivity index (χ3n) is 3.98. The van der Waals surface area contributed by atoms with Crippen LogP contribution in [-0.4, -0.2) is 29.9 Å². The van der Waals surface area contributed by atoms with Crippen molar-refractivity contribution in [2.24, 2.45) is 0 Å². The lowest BCUT2D eigenvalue weighted by Crippen LogP contribution is -2.48. The minimum absolute atomic E-state index is 0.191. The van der Waals surface area contributed by atoms with Crippen LogP contribution in [0.4, 0.5) is 0 Å². The maximum absolute atomic E-state index is 10.0. The first-order chi connectivity index (χ1) is 9.57. The van der Waals surface area contributed by atoms with Gasteiger partial charge in [-0.1, -0.05) is 35.2 Å². The van der Waals surface area contributed by atoms with E-state index in [2.05, 4.69) is 28.2 Å². The second-order valence-corrected chi connectivity index (χ2v) is 6.84. The van der Waals surface area contributed by atoms with Crippen molar-refractivity contribution in [3.63, 3.8) is 0 Å². The van der Waals surface area contributed by atoms with E-state index in [0.717, 1.165) is 10.2 Å². The van der Waals surface area contributed by atoms with E-state index in [1.165, 1.54) is 32.1 Å². The SMILES string of the molecule is CC1(NCC(O)COc2ccc(Br)cc2)CCCCC1. The molecule has 1 fully saturated rings. The van der Waals surface area contributed by atoms with E-state index < -0.39 is 6.10 Å². The predicted octanol–water partition coefficient (Wildman–Crippen LogP) is 3.50. The molecule has 2 rings (SSSR count). The van der Waals surface area contributed by atoms with E-state index in [4.69, 9.17) is 4.74 Å². The minimum Gasteiger partial charge on any atom is -0.491 e. The van der Waals surface area contributed by atoms with Gasteiger partial charge in [-0.05, 0) is 44.0 Å². The number of halogens is 1. The molecule has 0 spiro atoms. The van der Waals surface area contributed by atoms with Crippen molar-refractivity contribution in [2.75, 3.05) is 13.2 Å². The van der Waals surface area contributed by atoms with E-state index in [1.54, 1.807) is 0 Å². The van der Waals surface area contributed by atoms with Gasteiger partial charge in [-0.15, -0.1) is 0 Å². The van der Waals surface area contributed by atoms with Gasteiger partial charge in [0.1, 0.15) is 18.5 Å². The molecule has 1 aliphatic rings. The lowest BCUT2D eigenvalue weighted by Gasteiger charge is -2.35. The molecule has 2 N–H and O–H groups in total. The first kappa shape index (κ1) is 15.8. The average molecular weight is 342 g/mol. The highest BCUT2D eigenvalue weighted by atomic mass is 79.9. The number of benzene rings is 1. The van der Waals surface area contributed by atoms with E-state index in [1.807, 2.05) is 24.3 Å². The quantitative estimate of drug-likeness (QED) is 0.831. The van der Waals surface area contributed by atoms with E-state index in [9.17, 15) is 5.11 Å². The predicted molar refractivity (Wildman–Crippen MR) is 85.1 cm³/mol. The third kappa shape index (κ3) is 5.08. The molecule has 20 heavy (non-hydrogen) atoms. The summed E-state index contributed by atoms with van der Waals surface area (Å²) in [6.07, 6.45) is 5.84. The molecule has 3 nitrogen and oxygen atoms in total. The number of nitrogens with one attached hydrogen (secondary N) is 1. The highest BCUT2D eigenvalue weighted by Crippen LogP contribution is 2.27. The van der Waals surface area contributed by atoms with Crippen molar-refractivity contribution < 1.29 is 9.84 Å². The zero-order valence-corrected chi connectivity index (χ0v) is 13.7. The van der Waals surface area contributed by atoms with Crippen LogP contribution in [0.5, 0.6) is 5.75 Å². The zero-order valence-electron chi connectivity index (χ0n) is 12.1. The van der Waals surface area contributed by atoms with Crippen LogP contribution in [-0.2, 0) is 0 Å². The second-order valence-electron chi connectivity index (χ2n) is 5.92. The standard InChI is InChI=1S/C16H24BrNO2/c1-16(9-3-2-4-10-16)18-11-14(19)12-20-15-7-5-13(17)6-8-15/h5-8,14,18-19H,2-4,9-12H2,1H3. The normalized spacial score (nSPS) is 19.6. The van der Waals surface area contributed by atoms with Gasteiger partial charge in [-0.25, -0.2) is 0 Å². The average Bonchev–Trinajstić information content (AvgIpc) is 2.45. The minimum atomic E-state index is -0.475. The Bertz CT molecular complexity index is 401. The van der Waals surface area contributed by atoms with Gasteiger partial charge in [0, 0.05) is 16.6 Å². The summed E-state index contributed by atoms with van der Waals surface area (Å²) < 4.78 is 6.61. The lowest BCUT2D eigenvalue weighted by molar-refractivity contribution is 0.0930. The number of β-amino-alcohol motifs (C(OH)–C–C–N with tert-alkyl or cyclic N) is 1. The number of aliphatic hydroxyl groups excluding tert-OH is 1. The van der Waals surface area contributed by atoms with Crippen molar-refractivity contribution in [3.05, 3.63) is 28.7 Å².